The summed E-state index contributed by atoms with van der Waals surface area (Å²) in [5, 5.41) is 17.3. The van der Waals surface area contributed by atoms with E-state index in [-0.39, 0.29) is 23.9 Å². The molecule has 0 radical (unpaired) electrons. The second kappa shape index (κ2) is 6.13. The minimum Gasteiger partial charge on any atom is -0.420 e. The van der Waals surface area contributed by atoms with Crippen molar-refractivity contribution < 1.29 is 9.47 Å². The topological polar surface area (TPSA) is 97.0 Å². The Bertz CT molecular complexity index is 818. The fraction of sp³-hybridized carbons (Fsp3) is 0.200. The van der Waals surface area contributed by atoms with E-state index in [0.717, 1.165) is 0 Å². The number of nitrogens with zero attached hydrogens (tertiary/aromatic N) is 2. The van der Waals surface area contributed by atoms with Gasteiger partial charge >= 0.3 is 0 Å². The summed E-state index contributed by atoms with van der Waals surface area (Å²) in [4.78, 5) is 0. The molecule has 23 heavy (non-hydrogen) atoms. The minimum absolute atomic E-state index is 0.0172. The largest absolute Gasteiger partial charge is 0.420 e. The van der Waals surface area contributed by atoms with Crippen LogP contribution >= 0.6 is 23.2 Å². The highest BCUT2D eigenvalue weighted by Gasteiger charge is 2.37. The van der Waals surface area contributed by atoms with Gasteiger partial charge in [-0.3, -0.25) is 5.10 Å². The molecule has 0 fully saturated rings. The average Bonchev–Trinajstić information content (AvgIpc) is 2.90. The average molecular weight is 351 g/mol. The molecule has 2 heterocycles. The summed E-state index contributed by atoms with van der Waals surface area (Å²) in [6.07, 6.45) is 0. The van der Waals surface area contributed by atoms with Crippen LogP contribution in [0.4, 0.5) is 0 Å². The standard InChI is InChI=1S/C15H12Cl2N4O2/c1-22-6-10-13-11(12-8(16)3-2-4-9(12)17)7(5-18)14(19)23-15(13)21-20-10/h2-4,11H,6,19H2,1H3,(H,20,21)/t11-/m0/s1. The van der Waals surface area contributed by atoms with Crippen LogP contribution in [0.2, 0.25) is 10.0 Å². The number of nitrogens with two attached hydrogens (primary N) is 1. The SMILES string of the molecule is COCc1[nH]nc2c1[C@H](c1c(Cl)cccc1Cl)C(C#N)=C(N)O2. The van der Waals surface area contributed by atoms with E-state index in [1.807, 2.05) is 0 Å². The number of benzene rings is 1. The normalized spacial score (nSPS) is 16.7. The number of hydrogen-bond donors (Lipinski definition) is 2. The van der Waals surface area contributed by atoms with E-state index in [0.29, 0.717) is 26.9 Å². The molecule has 1 atom stereocenters. The molecule has 1 aliphatic heterocycles. The molecule has 3 N–H and O–H groups in total. The highest BCUT2D eigenvalue weighted by atomic mass is 35.5. The van der Waals surface area contributed by atoms with Crippen molar-refractivity contribution >= 4 is 23.2 Å². The van der Waals surface area contributed by atoms with Crippen molar-refractivity contribution in [2.24, 2.45) is 5.73 Å². The molecule has 0 aliphatic carbocycles. The van der Waals surface area contributed by atoms with Crippen molar-refractivity contribution in [3.63, 3.8) is 0 Å². The number of allylic oxidation sites excluding steroid dienone is 1. The molecule has 2 aromatic rings. The Morgan fingerprint density at radius 2 is 2.09 bits per heavy atom. The number of nitrogens with one attached hydrogen (secondary N) is 1. The number of rotatable bonds is 3. The van der Waals surface area contributed by atoms with Crippen molar-refractivity contribution in [3.05, 3.63) is 56.5 Å². The Balaban J connectivity index is 2.29. The highest BCUT2D eigenvalue weighted by Crippen LogP contribution is 2.47. The van der Waals surface area contributed by atoms with Crippen LogP contribution in [0.25, 0.3) is 0 Å². The first-order chi connectivity index (χ1) is 11.1. The van der Waals surface area contributed by atoms with E-state index >= 15 is 0 Å². The zero-order valence-electron chi connectivity index (χ0n) is 12.1. The summed E-state index contributed by atoms with van der Waals surface area (Å²) in [6, 6.07) is 7.24. The lowest BCUT2D eigenvalue weighted by Gasteiger charge is -2.25. The fourth-order valence-corrected chi connectivity index (χ4v) is 3.25. The molecular weight excluding hydrogens is 339 g/mol. The summed E-state index contributed by atoms with van der Waals surface area (Å²) in [5.41, 5.74) is 8.01. The summed E-state index contributed by atoms with van der Waals surface area (Å²) < 4.78 is 10.6. The number of aromatic amines is 1. The van der Waals surface area contributed by atoms with Crippen LogP contribution < -0.4 is 10.5 Å². The maximum absolute atomic E-state index is 9.54. The molecule has 0 saturated carbocycles. The molecule has 1 aromatic carbocycles. The number of ether oxygens (including phenoxy) is 2. The predicted octanol–water partition coefficient (Wildman–Crippen LogP) is 3.08. The van der Waals surface area contributed by atoms with E-state index in [1.54, 1.807) is 25.3 Å². The number of nitriles is 1. The van der Waals surface area contributed by atoms with Gasteiger partial charge in [-0.2, -0.15) is 5.26 Å². The summed E-state index contributed by atoms with van der Waals surface area (Å²) in [5.74, 6) is -0.306. The van der Waals surface area contributed by atoms with E-state index in [4.69, 9.17) is 38.4 Å². The van der Waals surface area contributed by atoms with Gasteiger partial charge in [0.1, 0.15) is 11.6 Å². The van der Waals surface area contributed by atoms with Gasteiger partial charge in [-0.15, -0.1) is 5.10 Å². The molecule has 1 aliphatic rings. The third kappa shape index (κ3) is 2.53. The maximum atomic E-state index is 9.54. The van der Waals surface area contributed by atoms with Crippen molar-refractivity contribution in [2.75, 3.05) is 7.11 Å². The lowest BCUT2D eigenvalue weighted by molar-refractivity contribution is 0.180. The van der Waals surface area contributed by atoms with Gasteiger partial charge in [0.2, 0.25) is 11.8 Å². The quantitative estimate of drug-likeness (QED) is 0.886. The number of aromatic nitrogens is 2. The number of fused-ring (bicyclic) bond motifs is 1. The van der Waals surface area contributed by atoms with E-state index in [1.165, 1.54) is 0 Å². The molecule has 0 saturated heterocycles. The molecule has 6 nitrogen and oxygen atoms in total. The molecule has 0 unspecified atom stereocenters. The molecule has 1 aromatic heterocycles. The van der Waals surface area contributed by atoms with Crippen LogP contribution in [0.1, 0.15) is 22.7 Å². The lowest BCUT2D eigenvalue weighted by atomic mass is 9.84. The maximum Gasteiger partial charge on any atom is 0.244 e. The van der Waals surface area contributed by atoms with Gasteiger partial charge in [0.15, 0.2) is 0 Å². The van der Waals surface area contributed by atoms with Crippen LogP contribution in [0.3, 0.4) is 0 Å². The van der Waals surface area contributed by atoms with Crippen LogP contribution in [-0.4, -0.2) is 17.3 Å². The third-order valence-electron chi connectivity index (χ3n) is 3.59. The van der Waals surface area contributed by atoms with Crippen LogP contribution in [-0.2, 0) is 11.3 Å². The first kappa shape index (κ1) is 15.7. The lowest BCUT2D eigenvalue weighted by Crippen LogP contribution is -2.21. The molecule has 0 spiro atoms. The van der Waals surface area contributed by atoms with Gasteiger partial charge < -0.3 is 15.2 Å². The van der Waals surface area contributed by atoms with Gasteiger partial charge in [0.25, 0.3) is 0 Å². The number of hydrogen-bond acceptors (Lipinski definition) is 5. The number of H-pyrrole nitrogens is 1. The molecular formula is C15H12Cl2N4O2. The Labute approximate surface area is 142 Å². The van der Waals surface area contributed by atoms with Crippen LogP contribution in [0.15, 0.2) is 29.7 Å². The molecule has 3 rings (SSSR count). The smallest absolute Gasteiger partial charge is 0.244 e. The molecule has 0 amide bonds. The Morgan fingerprint density at radius 3 is 2.70 bits per heavy atom. The minimum atomic E-state index is -0.575. The van der Waals surface area contributed by atoms with E-state index in [9.17, 15) is 5.26 Å². The van der Waals surface area contributed by atoms with Crippen molar-refractivity contribution in [1.82, 2.24) is 10.2 Å². The Hall–Kier alpha value is -2.20. The van der Waals surface area contributed by atoms with E-state index in [2.05, 4.69) is 16.3 Å². The predicted molar refractivity (Wildman–Crippen MR) is 85.1 cm³/mol. The second-order valence-corrected chi connectivity index (χ2v) is 5.73. The van der Waals surface area contributed by atoms with Crippen LogP contribution in [0.5, 0.6) is 5.88 Å². The fourth-order valence-electron chi connectivity index (χ4n) is 2.64. The van der Waals surface area contributed by atoms with E-state index < -0.39 is 5.92 Å². The van der Waals surface area contributed by atoms with Gasteiger partial charge in [0, 0.05) is 22.7 Å². The first-order valence-corrected chi connectivity index (χ1v) is 7.41. The summed E-state index contributed by atoms with van der Waals surface area (Å²) in [6.45, 7) is 0.267. The monoisotopic (exact) mass is 350 g/mol. The van der Waals surface area contributed by atoms with Gasteiger partial charge in [-0.1, -0.05) is 29.3 Å². The van der Waals surface area contributed by atoms with Crippen molar-refractivity contribution in [1.29, 1.82) is 5.26 Å². The van der Waals surface area contributed by atoms with Gasteiger partial charge in [-0.05, 0) is 12.1 Å². The number of methoxy groups -OCH3 is 1. The zero-order chi connectivity index (χ0) is 16.6. The van der Waals surface area contributed by atoms with Gasteiger partial charge in [0.05, 0.1) is 23.8 Å². The van der Waals surface area contributed by atoms with Gasteiger partial charge in [-0.25, -0.2) is 0 Å². The summed E-state index contributed by atoms with van der Waals surface area (Å²) in [7, 11) is 1.56. The Morgan fingerprint density at radius 1 is 1.39 bits per heavy atom. The molecule has 0 bridgehead atoms. The zero-order valence-corrected chi connectivity index (χ0v) is 13.6. The highest BCUT2D eigenvalue weighted by molar-refractivity contribution is 6.36. The van der Waals surface area contributed by atoms with Crippen LogP contribution in [0, 0.1) is 11.3 Å². The second-order valence-electron chi connectivity index (χ2n) is 4.91. The van der Waals surface area contributed by atoms with Crippen molar-refractivity contribution in [2.45, 2.75) is 12.5 Å². The molecule has 8 heteroatoms. The first-order valence-electron chi connectivity index (χ1n) is 6.66. The molecule has 118 valence electrons. The van der Waals surface area contributed by atoms with Crippen molar-refractivity contribution in [3.8, 4) is 11.9 Å². The Kier molecular flexibility index (Phi) is 4.18. The summed E-state index contributed by atoms with van der Waals surface area (Å²) >= 11 is 12.7. The number of halogens is 2. The third-order valence-corrected chi connectivity index (χ3v) is 4.25.